The fourth-order valence-electron chi connectivity index (χ4n) is 2.26. The van der Waals surface area contributed by atoms with Crippen molar-refractivity contribution in [3.05, 3.63) is 65.9 Å². The number of nitrogens with two attached hydrogens (primary N) is 1. The fraction of sp³-hybridized carbons (Fsp3) is 0.0588. The van der Waals surface area contributed by atoms with Gasteiger partial charge in [-0.25, -0.2) is 0 Å². The topological polar surface area (TPSA) is 68.0 Å². The molecule has 3 aromatic rings. The molecule has 4 nitrogen and oxygen atoms in total. The van der Waals surface area contributed by atoms with Crippen LogP contribution in [0.25, 0.3) is 10.9 Å². The Kier molecular flexibility index (Phi) is 3.28. The number of nitrogen functional groups attached to an aromatic ring is 1. The molecule has 1 aromatic heterocycles. The van der Waals surface area contributed by atoms with Crippen molar-refractivity contribution in [1.29, 1.82) is 0 Å². The predicted molar refractivity (Wildman–Crippen MR) is 85.3 cm³/mol. The van der Waals surface area contributed by atoms with E-state index in [1.54, 1.807) is 18.3 Å². The predicted octanol–water partition coefficient (Wildman–Crippen LogP) is 3.38. The van der Waals surface area contributed by atoms with E-state index in [-0.39, 0.29) is 5.91 Å². The van der Waals surface area contributed by atoms with Crippen molar-refractivity contribution in [1.82, 2.24) is 4.98 Å². The number of aromatic nitrogens is 1. The fourth-order valence-corrected chi connectivity index (χ4v) is 2.26. The molecule has 3 N–H and O–H groups in total. The minimum Gasteiger partial charge on any atom is -0.399 e. The molecule has 0 saturated carbocycles. The molecule has 0 aliphatic carbocycles. The highest BCUT2D eigenvalue weighted by Crippen LogP contribution is 2.21. The van der Waals surface area contributed by atoms with Crippen LogP contribution in [-0.4, -0.2) is 10.9 Å². The van der Waals surface area contributed by atoms with E-state index in [0.29, 0.717) is 11.3 Å². The maximum absolute atomic E-state index is 12.5. The number of anilines is 2. The van der Waals surface area contributed by atoms with E-state index in [1.165, 1.54) is 0 Å². The quantitative estimate of drug-likeness (QED) is 0.706. The molecule has 0 atom stereocenters. The summed E-state index contributed by atoms with van der Waals surface area (Å²) in [5.74, 6) is -0.165. The number of para-hydroxylation sites is 1. The van der Waals surface area contributed by atoms with E-state index >= 15 is 0 Å². The number of nitrogens with zero attached hydrogens (tertiary/aromatic N) is 1. The molecule has 0 unspecified atom stereocenters. The largest absolute Gasteiger partial charge is 0.399 e. The molecule has 4 heteroatoms. The zero-order valence-corrected chi connectivity index (χ0v) is 11.6. The maximum Gasteiger partial charge on any atom is 0.256 e. The van der Waals surface area contributed by atoms with Gasteiger partial charge in [-0.05, 0) is 36.8 Å². The number of hydrogen-bond acceptors (Lipinski definition) is 3. The van der Waals surface area contributed by atoms with Gasteiger partial charge in [-0.3, -0.25) is 9.78 Å². The minimum atomic E-state index is -0.165. The average Bonchev–Trinajstić information content (AvgIpc) is 2.50. The second kappa shape index (κ2) is 5.25. The Morgan fingerprint density at radius 3 is 2.81 bits per heavy atom. The highest BCUT2D eigenvalue weighted by molar-refractivity contribution is 6.12. The van der Waals surface area contributed by atoms with E-state index in [1.807, 2.05) is 43.3 Å². The Bertz CT molecular complexity index is 822. The molecule has 2 aromatic carbocycles. The second-order valence-corrected chi connectivity index (χ2v) is 4.90. The number of aryl methyl sites for hydroxylation is 1. The molecule has 1 amide bonds. The summed E-state index contributed by atoms with van der Waals surface area (Å²) >= 11 is 0. The van der Waals surface area contributed by atoms with Crippen LogP contribution < -0.4 is 11.1 Å². The number of rotatable bonds is 2. The molecule has 3 rings (SSSR count). The summed E-state index contributed by atoms with van der Waals surface area (Å²) in [6.45, 7) is 1.93. The summed E-state index contributed by atoms with van der Waals surface area (Å²) < 4.78 is 0. The van der Waals surface area contributed by atoms with E-state index in [2.05, 4.69) is 10.3 Å². The van der Waals surface area contributed by atoms with Crippen molar-refractivity contribution < 1.29 is 4.79 Å². The first-order valence-corrected chi connectivity index (χ1v) is 6.66. The van der Waals surface area contributed by atoms with E-state index in [9.17, 15) is 4.79 Å². The van der Waals surface area contributed by atoms with Gasteiger partial charge >= 0.3 is 0 Å². The number of pyridine rings is 1. The van der Waals surface area contributed by atoms with Crippen molar-refractivity contribution in [3.63, 3.8) is 0 Å². The summed E-state index contributed by atoms with van der Waals surface area (Å²) in [4.78, 5) is 16.8. The third-order valence-electron chi connectivity index (χ3n) is 3.40. The first-order chi connectivity index (χ1) is 10.1. The highest BCUT2D eigenvalue weighted by Gasteiger charge is 2.11. The van der Waals surface area contributed by atoms with Crippen LogP contribution in [0.5, 0.6) is 0 Å². The molecule has 0 saturated heterocycles. The van der Waals surface area contributed by atoms with Crippen molar-refractivity contribution in [2.45, 2.75) is 6.92 Å². The smallest absolute Gasteiger partial charge is 0.256 e. The first kappa shape index (κ1) is 13.1. The lowest BCUT2D eigenvalue weighted by molar-refractivity contribution is 0.102. The van der Waals surface area contributed by atoms with Crippen LogP contribution in [0.4, 0.5) is 11.4 Å². The minimum absolute atomic E-state index is 0.165. The van der Waals surface area contributed by atoms with Gasteiger partial charge in [-0.1, -0.05) is 24.3 Å². The van der Waals surface area contributed by atoms with Crippen LogP contribution in [0, 0.1) is 6.92 Å². The Labute approximate surface area is 122 Å². The van der Waals surface area contributed by atoms with Gasteiger partial charge in [0.05, 0.1) is 11.1 Å². The standard InChI is InChI=1S/C17H15N3O/c1-11-6-7-12(18)10-16(11)20-17(21)14-8-9-19-15-5-3-2-4-13(14)15/h2-10H,18H2,1H3,(H,20,21). The molecule has 104 valence electrons. The number of amides is 1. The van der Waals surface area contributed by atoms with Gasteiger partial charge in [0.2, 0.25) is 0 Å². The summed E-state index contributed by atoms with van der Waals surface area (Å²) in [5, 5.41) is 3.75. The van der Waals surface area contributed by atoms with Gasteiger partial charge in [0.1, 0.15) is 0 Å². The second-order valence-electron chi connectivity index (χ2n) is 4.90. The lowest BCUT2D eigenvalue weighted by Crippen LogP contribution is -2.13. The molecule has 0 radical (unpaired) electrons. The first-order valence-electron chi connectivity index (χ1n) is 6.66. The number of carbonyl (C=O) groups excluding carboxylic acids is 1. The van der Waals surface area contributed by atoms with Crippen molar-refractivity contribution >= 4 is 28.2 Å². The van der Waals surface area contributed by atoms with Gasteiger partial charge in [-0.15, -0.1) is 0 Å². The molecule has 0 bridgehead atoms. The van der Waals surface area contributed by atoms with Gasteiger partial charge < -0.3 is 11.1 Å². The van der Waals surface area contributed by atoms with Crippen molar-refractivity contribution in [2.24, 2.45) is 0 Å². The van der Waals surface area contributed by atoms with Crippen molar-refractivity contribution in [3.8, 4) is 0 Å². The Morgan fingerprint density at radius 2 is 1.95 bits per heavy atom. The number of fused-ring (bicyclic) bond motifs is 1. The molecule has 0 aliphatic heterocycles. The van der Waals surface area contributed by atoms with Gasteiger partial charge in [0.15, 0.2) is 0 Å². The number of benzene rings is 2. The van der Waals surface area contributed by atoms with Crippen LogP contribution in [-0.2, 0) is 0 Å². The maximum atomic E-state index is 12.5. The van der Waals surface area contributed by atoms with Crippen LogP contribution >= 0.6 is 0 Å². The van der Waals surface area contributed by atoms with E-state index < -0.39 is 0 Å². The van der Waals surface area contributed by atoms with Crippen molar-refractivity contribution in [2.75, 3.05) is 11.1 Å². The van der Waals surface area contributed by atoms with Crippen LogP contribution in [0.15, 0.2) is 54.7 Å². The number of hydrogen-bond donors (Lipinski definition) is 2. The van der Waals surface area contributed by atoms with E-state index in [4.69, 9.17) is 5.73 Å². The van der Waals surface area contributed by atoms with Crippen LogP contribution in [0.1, 0.15) is 15.9 Å². The molecule has 1 heterocycles. The van der Waals surface area contributed by atoms with Crippen LogP contribution in [0.2, 0.25) is 0 Å². The molecule has 21 heavy (non-hydrogen) atoms. The summed E-state index contributed by atoms with van der Waals surface area (Å²) in [6, 6.07) is 14.8. The monoisotopic (exact) mass is 277 g/mol. The Balaban J connectivity index is 1.99. The number of nitrogens with one attached hydrogen (secondary N) is 1. The third-order valence-corrected chi connectivity index (χ3v) is 3.40. The molecular formula is C17H15N3O. The molecule has 0 spiro atoms. The van der Waals surface area contributed by atoms with Gasteiger partial charge in [0.25, 0.3) is 5.91 Å². The van der Waals surface area contributed by atoms with Gasteiger partial charge in [0, 0.05) is 23.0 Å². The van der Waals surface area contributed by atoms with Gasteiger partial charge in [-0.2, -0.15) is 0 Å². The third kappa shape index (κ3) is 2.56. The zero-order chi connectivity index (χ0) is 14.8. The zero-order valence-electron chi connectivity index (χ0n) is 11.6. The Hall–Kier alpha value is -2.88. The lowest BCUT2D eigenvalue weighted by atomic mass is 10.1. The summed E-state index contributed by atoms with van der Waals surface area (Å²) in [7, 11) is 0. The van der Waals surface area contributed by atoms with E-state index in [0.717, 1.165) is 22.2 Å². The molecule has 0 fully saturated rings. The summed E-state index contributed by atoms with van der Waals surface area (Å²) in [5.41, 5.74) is 9.48. The SMILES string of the molecule is Cc1ccc(N)cc1NC(=O)c1ccnc2ccccc12. The summed E-state index contributed by atoms with van der Waals surface area (Å²) in [6.07, 6.45) is 1.64. The molecular weight excluding hydrogens is 262 g/mol. The number of carbonyl (C=O) groups is 1. The molecule has 0 aliphatic rings. The van der Waals surface area contributed by atoms with Crippen LogP contribution in [0.3, 0.4) is 0 Å². The Morgan fingerprint density at radius 1 is 1.14 bits per heavy atom. The highest BCUT2D eigenvalue weighted by atomic mass is 16.1. The lowest BCUT2D eigenvalue weighted by Gasteiger charge is -2.10. The normalized spacial score (nSPS) is 10.5. The average molecular weight is 277 g/mol.